The molecule has 0 aliphatic carbocycles. The van der Waals surface area contributed by atoms with Crippen LogP contribution in [-0.4, -0.2) is 50.5 Å². The van der Waals surface area contributed by atoms with E-state index in [1.807, 2.05) is 0 Å². The first-order chi connectivity index (χ1) is 13.8. The van der Waals surface area contributed by atoms with Crippen LogP contribution in [0.5, 0.6) is 11.5 Å². The molecule has 0 fully saturated rings. The van der Waals surface area contributed by atoms with Crippen molar-refractivity contribution in [2.45, 2.75) is 23.6 Å². The first kappa shape index (κ1) is 31.2. The average Bonchev–Trinajstić information content (AvgIpc) is 2.63. The Bertz CT molecular complexity index is 1150. The molecule has 32 heavy (non-hydrogen) atoms. The standard InChI is InChI=1S/C18H20N2O8S2.2Na/c1-11(15-9-13(29(23,24)25)3-5-17(15)21)19-7-8-20-12(2)16-10-14(30(26,27)28)4-6-18(16)22;;/h3-6,9-10,21-22H,7-8H2,1-2H3,(H,23,24,25)(H,26,27,28);;/q;2*+1/p-2. The predicted molar refractivity (Wildman–Crippen MR) is 106 cm³/mol. The van der Waals surface area contributed by atoms with Crippen molar-refractivity contribution < 1.29 is 95.3 Å². The van der Waals surface area contributed by atoms with Gasteiger partial charge in [0.1, 0.15) is 0 Å². The molecule has 0 aliphatic heterocycles. The molecule has 2 aromatic carbocycles. The minimum absolute atomic E-state index is 0. The van der Waals surface area contributed by atoms with Gasteiger partial charge >= 0.3 is 59.1 Å². The van der Waals surface area contributed by atoms with Crippen molar-refractivity contribution in [1.29, 1.82) is 0 Å². The van der Waals surface area contributed by atoms with E-state index in [1.165, 1.54) is 13.8 Å². The number of hydrogen-bond acceptors (Lipinski definition) is 8. The maximum Gasteiger partial charge on any atom is 1.00 e. The normalized spacial score (nSPS) is 12.6. The molecule has 2 aromatic rings. The fraction of sp³-hybridized carbons (Fsp3) is 0.222. The summed E-state index contributed by atoms with van der Waals surface area (Å²) in [5.41, 5.74) is 0.481. The van der Waals surface area contributed by atoms with Gasteiger partial charge in [0, 0.05) is 11.4 Å². The van der Waals surface area contributed by atoms with Gasteiger partial charge in [0.25, 0.3) is 20.2 Å². The Labute approximate surface area is 230 Å². The smallest absolute Gasteiger partial charge is 0.872 e. The average molecular weight is 500 g/mol. The molecule has 0 radical (unpaired) electrons. The zero-order chi connectivity index (χ0) is 22.7. The van der Waals surface area contributed by atoms with E-state index in [2.05, 4.69) is 9.98 Å². The summed E-state index contributed by atoms with van der Waals surface area (Å²) in [5.74, 6) is -0.942. The number of nitrogens with zero attached hydrogens (tertiary/aromatic N) is 2. The molecule has 0 atom stereocenters. The van der Waals surface area contributed by atoms with E-state index in [0.717, 1.165) is 36.4 Å². The van der Waals surface area contributed by atoms with Gasteiger partial charge in [-0.15, -0.1) is 0 Å². The van der Waals surface area contributed by atoms with Crippen LogP contribution in [0.2, 0.25) is 0 Å². The second-order valence-corrected chi connectivity index (χ2v) is 9.04. The molecule has 0 saturated carbocycles. The molecule has 0 bridgehead atoms. The SMILES string of the molecule is CC(=NCCN=C(C)c1cc(S(=O)(=O)O)ccc1[O-])c1cc(S(=O)(=O)O)ccc1[O-].[Na+].[Na+]. The second-order valence-electron chi connectivity index (χ2n) is 6.20. The van der Waals surface area contributed by atoms with E-state index in [9.17, 15) is 27.0 Å². The Morgan fingerprint density at radius 2 is 1.06 bits per heavy atom. The minimum Gasteiger partial charge on any atom is -0.872 e. The Balaban J connectivity index is 0.00000480. The number of rotatable bonds is 7. The molecule has 0 heterocycles. The molecular formula is C18H18N2Na2O8S2. The number of hydrogen-bond donors (Lipinski definition) is 2. The number of aliphatic imine (C=N–C) groups is 2. The van der Waals surface area contributed by atoms with Crippen LogP contribution in [0.1, 0.15) is 25.0 Å². The fourth-order valence-corrected chi connectivity index (χ4v) is 3.52. The summed E-state index contributed by atoms with van der Waals surface area (Å²) in [4.78, 5) is 7.43. The molecule has 0 amide bonds. The fourth-order valence-electron chi connectivity index (χ4n) is 2.51. The molecular weight excluding hydrogens is 482 g/mol. The third-order valence-corrected chi connectivity index (χ3v) is 5.77. The van der Waals surface area contributed by atoms with Crippen LogP contribution in [0, 0.1) is 0 Å². The first-order valence-electron chi connectivity index (χ1n) is 8.40. The van der Waals surface area contributed by atoms with Crippen LogP contribution >= 0.6 is 0 Å². The Hall–Kier alpha value is -0.800. The van der Waals surface area contributed by atoms with Crippen LogP contribution in [0.15, 0.2) is 56.2 Å². The maximum atomic E-state index is 11.9. The Kier molecular flexibility index (Phi) is 12.3. The monoisotopic (exact) mass is 500 g/mol. The molecule has 0 aliphatic rings. The summed E-state index contributed by atoms with van der Waals surface area (Å²) in [7, 11) is -8.93. The summed E-state index contributed by atoms with van der Waals surface area (Å²) in [6.45, 7) is 3.16. The molecule has 0 saturated heterocycles. The number of benzene rings is 2. The van der Waals surface area contributed by atoms with E-state index in [4.69, 9.17) is 9.11 Å². The molecule has 2 rings (SSSR count). The van der Waals surface area contributed by atoms with Crippen LogP contribution < -0.4 is 69.3 Å². The van der Waals surface area contributed by atoms with E-state index < -0.39 is 41.5 Å². The van der Waals surface area contributed by atoms with E-state index in [-0.39, 0.29) is 94.8 Å². The summed E-state index contributed by atoms with van der Waals surface area (Å²) in [6, 6.07) is 6.05. The van der Waals surface area contributed by atoms with Crippen LogP contribution in [0.3, 0.4) is 0 Å². The zero-order valence-electron chi connectivity index (χ0n) is 17.9. The van der Waals surface area contributed by atoms with Gasteiger partial charge < -0.3 is 10.2 Å². The van der Waals surface area contributed by atoms with Gasteiger partial charge in [-0.05, 0) is 49.2 Å². The quantitative estimate of drug-likeness (QED) is 0.164. The van der Waals surface area contributed by atoms with Crippen molar-refractivity contribution in [1.82, 2.24) is 0 Å². The van der Waals surface area contributed by atoms with Gasteiger partial charge in [0.15, 0.2) is 0 Å². The maximum absolute atomic E-state index is 11.9. The molecule has 162 valence electrons. The van der Waals surface area contributed by atoms with E-state index >= 15 is 0 Å². The molecule has 0 aromatic heterocycles. The molecule has 0 unspecified atom stereocenters. The van der Waals surface area contributed by atoms with Gasteiger partial charge in [-0.3, -0.25) is 19.1 Å². The third kappa shape index (κ3) is 8.52. The minimum atomic E-state index is -4.47. The van der Waals surface area contributed by atoms with Crippen LogP contribution in [0.25, 0.3) is 0 Å². The topological polar surface area (TPSA) is 180 Å². The van der Waals surface area contributed by atoms with Crippen LogP contribution in [-0.2, 0) is 20.2 Å². The summed E-state index contributed by atoms with van der Waals surface area (Å²) >= 11 is 0. The zero-order valence-corrected chi connectivity index (χ0v) is 23.6. The van der Waals surface area contributed by atoms with Crippen molar-refractivity contribution >= 4 is 31.7 Å². The van der Waals surface area contributed by atoms with Gasteiger partial charge in [-0.2, -0.15) is 16.8 Å². The van der Waals surface area contributed by atoms with Crippen molar-refractivity contribution in [3.63, 3.8) is 0 Å². The summed E-state index contributed by atoms with van der Waals surface area (Å²) < 4.78 is 63.1. The van der Waals surface area contributed by atoms with Crippen molar-refractivity contribution in [3.05, 3.63) is 47.5 Å². The van der Waals surface area contributed by atoms with Crippen molar-refractivity contribution in [2.75, 3.05) is 13.1 Å². The van der Waals surface area contributed by atoms with Crippen molar-refractivity contribution in [3.8, 4) is 11.5 Å². The Morgan fingerprint density at radius 1 is 0.750 bits per heavy atom. The van der Waals surface area contributed by atoms with Crippen LogP contribution in [0.4, 0.5) is 0 Å². The van der Waals surface area contributed by atoms with Gasteiger partial charge in [-0.1, -0.05) is 23.6 Å². The summed E-state index contributed by atoms with van der Waals surface area (Å²) in [5, 5.41) is 23.9. The predicted octanol–water partition coefficient (Wildman–Crippen LogP) is -5.35. The molecule has 0 spiro atoms. The van der Waals surface area contributed by atoms with Crippen molar-refractivity contribution in [2.24, 2.45) is 9.98 Å². The van der Waals surface area contributed by atoms with E-state index in [0.29, 0.717) is 0 Å². The third-order valence-electron chi connectivity index (χ3n) is 4.08. The van der Waals surface area contributed by atoms with Gasteiger partial charge in [0.05, 0.1) is 22.9 Å². The van der Waals surface area contributed by atoms with E-state index in [1.54, 1.807) is 0 Å². The second kappa shape index (κ2) is 12.6. The molecule has 10 nitrogen and oxygen atoms in total. The Morgan fingerprint density at radius 3 is 1.34 bits per heavy atom. The van der Waals surface area contributed by atoms with Gasteiger partial charge in [-0.25, -0.2) is 0 Å². The largest absolute Gasteiger partial charge is 1.00 e. The molecule has 14 heteroatoms. The van der Waals surface area contributed by atoms with Gasteiger partial charge in [0.2, 0.25) is 0 Å². The molecule has 2 N–H and O–H groups in total. The summed E-state index contributed by atoms with van der Waals surface area (Å²) in [6.07, 6.45) is 0. The first-order valence-corrected chi connectivity index (χ1v) is 11.3.